The van der Waals surface area contributed by atoms with E-state index in [4.69, 9.17) is 5.11 Å². The second-order valence-corrected chi connectivity index (χ2v) is 5.15. The molecule has 4 nitrogen and oxygen atoms in total. The predicted octanol–water partition coefficient (Wildman–Crippen LogP) is 1.14. The van der Waals surface area contributed by atoms with Crippen LogP contribution in [0.25, 0.3) is 0 Å². The van der Waals surface area contributed by atoms with Gasteiger partial charge in [-0.1, -0.05) is 0 Å². The summed E-state index contributed by atoms with van der Waals surface area (Å²) in [4.78, 5) is 14.0. The number of nitrogens with zero attached hydrogens (tertiary/aromatic N) is 1. The lowest BCUT2D eigenvalue weighted by Gasteiger charge is -2.34. The lowest BCUT2D eigenvalue weighted by Crippen LogP contribution is -2.46. The van der Waals surface area contributed by atoms with Crippen LogP contribution in [-0.4, -0.2) is 47.7 Å². The molecule has 0 spiro atoms. The molecule has 0 aromatic rings. The molecule has 0 bridgehead atoms. The lowest BCUT2D eigenvalue weighted by atomic mass is 10.0. The van der Waals surface area contributed by atoms with Gasteiger partial charge in [-0.15, -0.1) is 0 Å². The molecule has 0 saturated carbocycles. The van der Waals surface area contributed by atoms with Gasteiger partial charge in [0.25, 0.3) is 0 Å². The Balaban J connectivity index is 2.15. The van der Waals surface area contributed by atoms with E-state index in [0.717, 1.165) is 38.8 Å². The summed E-state index contributed by atoms with van der Waals surface area (Å²) in [5.74, 6) is 0.140. The molecule has 0 radical (unpaired) electrons. The number of piperidine rings is 1. The number of nitrogens with one attached hydrogen (secondary N) is 1. The molecule has 4 heteroatoms. The molecule has 100 valence electrons. The summed E-state index contributed by atoms with van der Waals surface area (Å²) in [6.07, 6.45) is 4.17. The predicted molar refractivity (Wildman–Crippen MR) is 68.8 cm³/mol. The monoisotopic (exact) mass is 242 g/mol. The van der Waals surface area contributed by atoms with Crippen LogP contribution in [0.3, 0.4) is 0 Å². The third-order valence-electron chi connectivity index (χ3n) is 3.44. The van der Waals surface area contributed by atoms with Gasteiger partial charge in [-0.2, -0.15) is 0 Å². The van der Waals surface area contributed by atoms with Gasteiger partial charge in [-0.3, -0.25) is 4.79 Å². The molecule has 1 heterocycles. The van der Waals surface area contributed by atoms with Gasteiger partial charge in [0, 0.05) is 38.2 Å². The third-order valence-corrected chi connectivity index (χ3v) is 3.44. The summed E-state index contributed by atoms with van der Waals surface area (Å²) in [5, 5.41) is 11.7. The molecule has 2 N–H and O–H groups in total. The van der Waals surface area contributed by atoms with E-state index in [1.54, 1.807) is 0 Å². The molecule has 17 heavy (non-hydrogen) atoms. The van der Waals surface area contributed by atoms with Crippen molar-refractivity contribution in [2.24, 2.45) is 0 Å². The van der Waals surface area contributed by atoms with Crippen molar-refractivity contribution >= 4 is 5.91 Å². The van der Waals surface area contributed by atoms with Crippen molar-refractivity contribution in [3.63, 3.8) is 0 Å². The maximum Gasteiger partial charge on any atom is 0.220 e. The van der Waals surface area contributed by atoms with Crippen molar-refractivity contribution in [3.05, 3.63) is 0 Å². The maximum absolute atomic E-state index is 11.6. The topological polar surface area (TPSA) is 52.6 Å². The van der Waals surface area contributed by atoms with Gasteiger partial charge in [0.05, 0.1) is 0 Å². The first-order valence-corrected chi connectivity index (χ1v) is 6.77. The molecule has 1 saturated heterocycles. The molecule has 0 aromatic carbocycles. The number of hydrogen-bond donors (Lipinski definition) is 2. The fourth-order valence-corrected chi connectivity index (χ4v) is 2.26. The van der Waals surface area contributed by atoms with Gasteiger partial charge in [-0.25, -0.2) is 0 Å². The normalized spacial score (nSPS) is 18.6. The van der Waals surface area contributed by atoms with E-state index >= 15 is 0 Å². The fraction of sp³-hybridized carbons (Fsp3) is 0.923. The Morgan fingerprint density at radius 3 is 2.53 bits per heavy atom. The first kappa shape index (κ1) is 14.5. The molecular weight excluding hydrogens is 216 g/mol. The minimum Gasteiger partial charge on any atom is -0.396 e. The van der Waals surface area contributed by atoms with E-state index in [1.807, 2.05) is 0 Å². The average molecular weight is 242 g/mol. The van der Waals surface area contributed by atoms with Crippen LogP contribution < -0.4 is 5.32 Å². The highest BCUT2D eigenvalue weighted by Gasteiger charge is 2.21. The zero-order valence-corrected chi connectivity index (χ0v) is 11.1. The summed E-state index contributed by atoms with van der Waals surface area (Å²) in [7, 11) is 0. The van der Waals surface area contributed by atoms with Crippen LogP contribution in [0.15, 0.2) is 0 Å². The Morgan fingerprint density at radius 1 is 1.35 bits per heavy atom. The Morgan fingerprint density at radius 2 is 2.00 bits per heavy atom. The number of carbonyl (C=O) groups excluding carboxylic acids is 1. The molecule has 0 atom stereocenters. The lowest BCUT2D eigenvalue weighted by molar-refractivity contribution is -0.122. The summed E-state index contributed by atoms with van der Waals surface area (Å²) in [6, 6.07) is 0.961. The number of likely N-dealkylation sites (tertiary alicyclic amines) is 1. The van der Waals surface area contributed by atoms with E-state index in [9.17, 15) is 4.79 Å². The van der Waals surface area contributed by atoms with Gasteiger partial charge in [0.2, 0.25) is 5.91 Å². The van der Waals surface area contributed by atoms with Crippen LogP contribution in [0.4, 0.5) is 0 Å². The van der Waals surface area contributed by atoms with Crippen molar-refractivity contribution in [2.75, 3.05) is 19.7 Å². The van der Waals surface area contributed by atoms with Crippen molar-refractivity contribution in [2.45, 2.75) is 58.0 Å². The minimum atomic E-state index is 0.140. The van der Waals surface area contributed by atoms with E-state index < -0.39 is 0 Å². The zero-order valence-electron chi connectivity index (χ0n) is 11.1. The smallest absolute Gasteiger partial charge is 0.220 e. The van der Waals surface area contributed by atoms with Gasteiger partial charge in [-0.05, 0) is 39.5 Å². The van der Waals surface area contributed by atoms with Crippen molar-refractivity contribution in [1.29, 1.82) is 0 Å². The first-order valence-electron chi connectivity index (χ1n) is 6.77. The Labute approximate surface area is 104 Å². The van der Waals surface area contributed by atoms with E-state index in [0.29, 0.717) is 18.5 Å². The standard InChI is InChI=1S/C13H26N2O2/c1-11(2)15-8-6-12(7-9-15)14-13(17)5-3-4-10-16/h11-12,16H,3-10H2,1-2H3,(H,14,17). The minimum absolute atomic E-state index is 0.140. The van der Waals surface area contributed by atoms with Crippen LogP contribution in [0, 0.1) is 0 Å². The van der Waals surface area contributed by atoms with Crippen LogP contribution >= 0.6 is 0 Å². The zero-order chi connectivity index (χ0) is 12.7. The summed E-state index contributed by atoms with van der Waals surface area (Å²) >= 11 is 0. The molecular formula is C13H26N2O2. The average Bonchev–Trinajstić information content (AvgIpc) is 2.30. The highest BCUT2D eigenvalue weighted by molar-refractivity contribution is 5.76. The number of rotatable bonds is 6. The number of amides is 1. The van der Waals surface area contributed by atoms with E-state index in [2.05, 4.69) is 24.1 Å². The van der Waals surface area contributed by atoms with Crippen LogP contribution in [0.5, 0.6) is 0 Å². The van der Waals surface area contributed by atoms with Crippen LogP contribution in [0.2, 0.25) is 0 Å². The molecule has 0 aromatic heterocycles. The first-order chi connectivity index (χ1) is 8.13. The molecule has 1 aliphatic rings. The number of aliphatic hydroxyl groups is 1. The largest absolute Gasteiger partial charge is 0.396 e. The molecule has 1 rings (SSSR count). The highest BCUT2D eigenvalue weighted by atomic mass is 16.2. The number of hydrogen-bond acceptors (Lipinski definition) is 3. The summed E-state index contributed by atoms with van der Waals surface area (Å²) in [6.45, 7) is 6.78. The van der Waals surface area contributed by atoms with Crippen molar-refractivity contribution in [1.82, 2.24) is 10.2 Å². The van der Waals surface area contributed by atoms with Crippen LogP contribution in [-0.2, 0) is 4.79 Å². The Hall–Kier alpha value is -0.610. The molecule has 1 fully saturated rings. The quantitative estimate of drug-likeness (QED) is 0.687. The summed E-state index contributed by atoms with van der Waals surface area (Å²) < 4.78 is 0. The second kappa shape index (κ2) is 7.67. The molecule has 1 amide bonds. The van der Waals surface area contributed by atoms with Crippen LogP contribution in [0.1, 0.15) is 46.0 Å². The Bertz CT molecular complexity index is 223. The highest BCUT2D eigenvalue weighted by Crippen LogP contribution is 2.13. The van der Waals surface area contributed by atoms with Gasteiger partial charge < -0.3 is 15.3 Å². The maximum atomic E-state index is 11.6. The summed E-state index contributed by atoms with van der Waals surface area (Å²) in [5.41, 5.74) is 0. The van der Waals surface area contributed by atoms with Gasteiger partial charge in [0.15, 0.2) is 0 Å². The Kier molecular flexibility index (Phi) is 6.52. The van der Waals surface area contributed by atoms with E-state index in [1.165, 1.54) is 0 Å². The fourth-order valence-electron chi connectivity index (χ4n) is 2.26. The third kappa shape index (κ3) is 5.50. The second-order valence-electron chi connectivity index (χ2n) is 5.15. The van der Waals surface area contributed by atoms with Gasteiger partial charge >= 0.3 is 0 Å². The van der Waals surface area contributed by atoms with Crippen molar-refractivity contribution < 1.29 is 9.90 Å². The number of carbonyl (C=O) groups is 1. The molecule has 0 aliphatic carbocycles. The van der Waals surface area contributed by atoms with Gasteiger partial charge in [0.1, 0.15) is 0 Å². The molecule has 0 unspecified atom stereocenters. The number of unbranched alkanes of at least 4 members (excludes halogenated alkanes) is 1. The SMILES string of the molecule is CC(C)N1CCC(NC(=O)CCCCO)CC1. The number of aliphatic hydroxyl groups excluding tert-OH is 1. The molecule has 1 aliphatic heterocycles. The van der Waals surface area contributed by atoms with E-state index in [-0.39, 0.29) is 12.5 Å². The van der Waals surface area contributed by atoms with Crippen molar-refractivity contribution in [3.8, 4) is 0 Å².